The van der Waals surface area contributed by atoms with Gasteiger partial charge in [-0.3, -0.25) is 0 Å². The summed E-state index contributed by atoms with van der Waals surface area (Å²) in [5.41, 5.74) is 2.83. The molecule has 0 atom stereocenters. The van der Waals surface area contributed by atoms with Crippen molar-refractivity contribution >= 4 is 23.2 Å². The summed E-state index contributed by atoms with van der Waals surface area (Å²) < 4.78 is 41.7. The van der Waals surface area contributed by atoms with Crippen molar-refractivity contribution in [3.05, 3.63) is 174 Å². The molecule has 0 spiro atoms. The number of hydrogen-bond acceptors (Lipinski definition) is 2. The van der Waals surface area contributed by atoms with Gasteiger partial charge in [-0.05, 0) is 0 Å². The summed E-state index contributed by atoms with van der Waals surface area (Å²) in [7, 11) is -1.11. The molecular weight excluding hydrogens is 569 g/mol. The van der Waals surface area contributed by atoms with Crippen LogP contribution in [0.2, 0.25) is 0 Å². The van der Waals surface area contributed by atoms with Gasteiger partial charge in [0.15, 0.2) is 0 Å². The molecule has 0 aliphatic carbocycles. The van der Waals surface area contributed by atoms with Gasteiger partial charge in [-0.15, -0.1) is 0 Å². The third kappa shape index (κ3) is 6.13. The van der Waals surface area contributed by atoms with Crippen molar-refractivity contribution in [2.24, 2.45) is 0 Å². The van der Waals surface area contributed by atoms with E-state index >= 15 is 4.39 Å². The van der Waals surface area contributed by atoms with Crippen molar-refractivity contribution in [1.29, 1.82) is 0 Å². The fourth-order valence-corrected chi connectivity index (χ4v) is 10.6. The molecule has 0 aromatic heterocycles. The van der Waals surface area contributed by atoms with Crippen LogP contribution in [0.4, 0.5) is 8.78 Å². The third-order valence-corrected chi connectivity index (χ3v) is 13.0. The van der Waals surface area contributed by atoms with Crippen LogP contribution in [0.3, 0.4) is 0 Å². The Labute approximate surface area is 257 Å². The van der Waals surface area contributed by atoms with Gasteiger partial charge in [-0.25, -0.2) is 0 Å². The van der Waals surface area contributed by atoms with Crippen LogP contribution in [-0.4, -0.2) is 7.11 Å². The van der Waals surface area contributed by atoms with Crippen molar-refractivity contribution < 1.29 is 18.3 Å². The molecular formula is C39H33F2O2P. The summed E-state index contributed by atoms with van der Waals surface area (Å²) in [6, 6.07) is 48.7. The molecule has 0 fully saturated rings. The monoisotopic (exact) mass is 602 g/mol. The standard InChI is InChI=1S/C39H33F2O2P/c1-42-34-22-19-29(20-23-34)30-17-18-31(38(41)26-30)27-43-39-24-21-33(40)25-32(39)28-44(35-11-5-2-6-12-35,36-13-7-3-8-14-36)37-15-9-4-10-16-37/h2-26,44H,27-28H2,1H3. The van der Waals surface area contributed by atoms with Crippen molar-refractivity contribution in [2.75, 3.05) is 7.11 Å². The number of benzene rings is 6. The van der Waals surface area contributed by atoms with Crippen molar-refractivity contribution in [3.63, 3.8) is 0 Å². The summed E-state index contributed by atoms with van der Waals surface area (Å²) in [6.45, 7) is 0.0178. The molecule has 6 rings (SSSR count). The molecule has 6 aromatic carbocycles. The van der Waals surface area contributed by atoms with Gasteiger partial charge in [0.25, 0.3) is 0 Å². The van der Waals surface area contributed by atoms with Crippen LogP contribution in [0, 0.1) is 11.6 Å². The van der Waals surface area contributed by atoms with E-state index in [4.69, 9.17) is 9.47 Å². The van der Waals surface area contributed by atoms with Gasteiger partial charge >= 0.3 is 241 Å². The van der Waals surface area contributed by atoms with E-state index in [2.05, 4.69) is 72.8 Å². The second kappa shape index (κ2) is 13.2. The van der Waals surface area contributed by atoms with E-state index in [-0.39, 0.29) is 18.2 Å². The minimum atomic E-state index is -2.72. The second-order valence-corrected chi connectivity index (χ2v) is 14.7. The zero-order valence-corrected chi connectivity index (χ0v) is 25.4. The van der Waals surface area contributed by atoms with Crippen molar-refractivity contribution in [2.45, 2.75) is 12.8 Å². The van der Waals surface area contributed by atoms with Crippen molar-refractivity contribution in [1.82, 2.24) is 0 Å². The normalized spacial score (nSPS) is 11.6. The summed E-state index contributed by atoms with van der Waals surface area (Å²) in [6.07, 6.45) is 0.566. The van der Waals surface area contributed by atoms with E-state index in [0.717, 1.165) is 22.4 Å². The Bertz CT molecular complexity index is 1730. The van der Waals surface area contributed by atoms with Crippen LogP contribution in [0.1, 0.15) is 11.1 Å². The third-order valence-electron chi connectivity index (χ3n) is 8.14. The zero-order valence-electron chi connectivity index (χ0n) is 24.4. The molecule has 0 bridgehead atoms. The van der Waals surface area contributed by atoms with E-state index in [9.17, 15) is 4.39 Å². The number of hydrogen-bond donors (Lipinski definition) is 0. The second-order valence-electron chi connectivity index (χ2n) is 10.8. The molecule has 5 heteroatoms. The van der Waals surface area contributed by atoms with E-state index in [1.165, 1.54) is 28.0 Å². The van der Waals surface area contributed by atoms with Crippen LogP contribution in [0.5, 0.6) is 11.5 Å². The summed E-state index contributed by atoms with van der Waals surface area (Å²) in [5, 5.41) is 3.65. The molecule has 6 aromatic rings. The fourth-order valence-electron chi connectivity index (χ4n) is 5.87. The number of methoxy groups -OCH3 is 1. The first-order chi connectivity index (χ1) is 21.6. The quantitative estimate of drug-likeness (QED) is 0.147. The van der Waals surface area contributed by atoms with Gasteiger partial charge in [-0.1, -0.05) is 0 Å². The molecule has 0 N–H and O–H groups in total. The van der Waals surface area contributed by atoms with Crippen molar-refractivity contribution in [3.8, 4) is 22.6 Å². The Morgan fingerprint density at radius 3 is 1.61 bits per heavy atom. The molecule has 44 heavy (non-hydrogen) atoms. The summed E-state index contributed by atoms with van der Waals surface area (Å²) in [5.74, 6) is 0.598. The van der Waals surface area contributed by atoms with E-state index in [1.807, 2.05) is 48.5 Å². The van der Waals surface area contributed by atoms with Gasteiger partial charge in [0.2, 0.25) is 0 Å². The maximum atomic E-state index is 15.3. The van der Waals surface area contributed by atoms with E-state index < -0.39 is 7.26 Å². The molecule has 220 valence electrons. The number of halogens is 2. The van der Waals surface area contributed by atoms with E-state index in [0.29, 0.717) is 17.5 Å². The first kappa shape index (κ1) is 29.3. The van der Waals surface area contributed by atoms with Gasteiger partial charge < -0.3 is 4.74 Å². The molecule has 0 aliphatic rings. The van der Waals surface area contributed by atoms with Crippen LogP contribution in [0.15, 0.2) is 152 Å². The maximum absolute atomic E-state index is 15.3. The Morgan fingerprint density at radius 1 is 0.545 bits per heavy atom. The molecule has 0 radical (unpaired) electrons. The van der Waals surface area contributed by atoms with Gasteiger partial charge in [-0.2, -0.15) is 0 Å². The fraction of sp³-hybridized carbons (Fsp3) is 0.0769. The Hall–Kier alpha value is -4.79. The molecule has 2 nitrogen and oxygen atoms in total. The van der Waals surface area contributed by atoms with Crippen LogP contribution in [0.25, 0.3) is 11.1 Å². The Morgan fingerprint density at radius 2 is 1.09 bits per heavy atom. The average Bonchev–Trinajstić information content (AvgIpc) is 3.08. The van der Waals surface area contributed by atoms with Crippen LogP contribution < -0.4 is 25.4 Å². The molecule has 0 heterocycles. The molecule has 0 saturated heterocycles. The zero-order chi connectivity index (χ0) is 30.4. The number of ether oxygens (including phenoxy) is 2. The predicted molar refractivity (Wildman–Crippen MR) is 179 cm³/mol. The van der Waals surface area contributed by atoms with Gasteiger partial charge in [0.05, 0.1) is 7.11 Å². The van der Waals surface area contributed by atoms with Gasteiger partial charge in [0, 0.05) is 0 Å². The molecule has 0 saturated carbocycles. The van der Waals surface area contributed by atoms with Crippen LogP contribution in [-0.2, 0) is 12.8 Å². The Kier molecular flexibility index (Phi) is 8.81. The topological polar surface area (TPSA) is 18.5 Å². The first-order valence-corrected chi connectivity index (χ1v) is 16.8. The first-order valence-electron chi connectivity index (χ1n) is 14.6. The molecule has 0 amide bonds. The predicted octanol–water partition coefficient (Wildman–Crippen LogP) is 8.45. The van der Waals surface area contributed by atoms with Gasteiger partial charge in [0.1, 0.15) is 5.75 Å². The average molecular weight is 603 g/mol. The SMILES string of the molecule is COc1ccc(-c2ccc(COc3ccc(F)cc3C[PH](c3ccccc3)(c3ccccc3)c3ccccc3)c(F)c2)cc1. The minimum absolute atomic E-state index is 0.0178. The summed E-state index contributed by atoms with van der Waals surface area (Å²) >= 11 is 0. The molecule has 0 aliphatic heterocycles. The summed E-state index contributed by atoms with van der Waals surface area (Å²) in [4.78, 5) is 0. The molecule has 0 unspecified atom stereocenters. The van der Waals surface area contributed by atoms with E-state index in [1.54, 1.807) is 25.3 Å². The number of rotatable bonds is 10. The van der Waals surface area contributed by atoms with Crippen LogP contribution >= 0.6 is 7.26 Å². The Balaban J connectivity index is 1.36.